The van der Waals surface area contributed by atoms with Crippen LogP contribution in [0.5, 0.6) is 5.75 Å². The normalized spacial score (nSPS) is 12.2. The largest absolute Gasteiger partial charge is 0.497 e. The van der Waals surface area contributed by atoms with Gasteiger partial charge >= 0.3 is 5.97 Å². The van der Waals surface area contributed by atoms with E-state index in [2.05, 4.69) is 0 Å². The van der Waals surface area contributed by atoms with Gasteiger partial charge in [0.05, 0.1) is 20.1 Å². The van der Waals surface area contributed by atoms with E-state index in [1.54, 1.807) is 25.0 Å². The molecule has 0 aliphatic rings. The van der Waals surface area contributed by atoms with Crippen molar-refractivity contribution in [2.24, 2.45) is 5.92 Å². The molecular weight excluding hydrogens is 320 g/mol. The third-order valence-corrected chi connectivity index (χ3v) is 3.74. The number of amides is 1. The number of likely N-dealkylation sites (N-methyl/N-ethyl adjacent to an activating group) is 1. The topological polar surface area (TPSA) is 59.1 Å². The second kappa shape index (κ2) is 10.5. The van der Waals surface area contributed by atoms with Crippen LogP contribution < -0.4 is 4.74 Å². The van der Waals surface area contributed by atoms with Crippen LogP contribution in [0.25, 0.3) is 6.08 Å². The lowest BCUT2D eigenvalue weighted by Crippen LogP contribution is -2.40. The number of esters is 1. The highest BCUT2D eigenvalue weighted by atomic mass is 16.5. The maximum absolute atomic E-state index is 12.6. The zero-order valence-electron chi connectivity index (χ0n) is 15.7. The summed E-state index contributed by atoms with van der Waals surface area (Å²) < 4.78 is 9.93. The van der Waals surface area contributed by atoms with Crippen LogP contribution in [0.3, 0.4) is 0 Å². The van der Waals surface area contributed by atoms with Crippen molar-refractivity contribution in [1.82, 2.24) is 9.80 Å². The summed E-state index contributed by atoms with van der Waals surface area (Å²) in [5.41, 5.74) is 0.876. The molecule has 1 aromatic carbocycles. The van der Waals surface area contributed by atoms with Gasteiger partial charge in [-0.3, -0.25) is 9.59 Å². The molecule has 0 saturated heterocycles. The first-order valence-corrected chi connectivity index (χ1v) is 8.21. The van der Waals surface area contributed by atoms with Crippen molar-refractivity contribution in [3.05, 3.63) is 35.9 Å². The Balaban J connectivity index is 2.82. The van der Waals surface area contributed by atoms with Crippen LogP contribution in [0.1, 0.15) is 12.5 Å². The zero-order valence-corrected chi connectivity index (χ0v) is 15.7. The molecule has 0 spiro atoms. The van der Waals surface area contributed by atoms with Crippen molar-refractivity contribution in [3.8, 4) is 5.75 Å². The molecular formula is C19H28N2O4. The van der Waals surface area contributed by atoms with Crippen molar-refractivity contribution in [3.63, 3.8) is 0 Å². The minimum absolute atomic E-state index is 0.138. The van der Waals surface area contributed by atoms with Gasteiger partial charge in [-0.2, -0.15) is 0 Å². The number of carbonyl (C=O) groups is 2. The van der Waals surface area contributed by atoms with Gasteiger partial charge in [-0.25, -0.2) is 0 Å². The number of nitrogens with zero attached hydrogens (tertiary/aromatic N) is 2. The molecule has 0 N–H and O–H groups in total. The van der Waals surface area contributed by atoms with Crippen LogP contribution >= 0.6 is 0 Å². The number of carbonyl (C=O) groups excluding carboxylic acids is 2. The number of rotatable bonds is 9. The Morgan fingerprint density at radius 1 is 1.20 bits per heavy atom. The summed E-state index contributed by atoms with van der Waals surface area (Å²) in [7, 11) is 6.84. The Morgan fingerprint density at radius 3 is 2.52 bits per heavy atom. The van der Waals surface area contributed by atoms with E-state index in [9.17, 15) is 9.59 Å². The van der Waals surface area contributed by atoms with Gasteiger partial charge in [-0.05, 0) is 37.9 Å². The average Bonchev–Trinajstić information content (AvgIpc) is 2.62. The van der Waals surface area contributed by atoms with Crippen LogP contribution in [0, 0.1) is 5.92 Å². The van der Waals surface area contributed by atoms with E-state index in [0.29, 0.717) is 19.6 Å². The monoisotopic (exact) mass is 348 g/mol. The fourth-order valence-electron chi connectivity index (χ4n) is 2.24. The summed E-state index contributed by atoms with van der Waals surface area (Å²) in [5.74, 6) is -0.0976. The Morgan fingerprint density at radius 2 is 1.92 bits per heavy atom. The molecule has 0 saturated carbocycles. The first-order valence-electron chi connectivity index (χ1n) is 8.21. The third kappa shape index (κ3) is 7.39. The van der Waals surface area contributed by atoms with Crippen LogP contribution in [-0.4, -0.2) is 69.6 Å². The fraction of sp³-hybridized carbons (Fsp3) is 0.474. The molecule has 6 heteroatoms. The molecule has 1 rings (SSSR count). The van der Waals surface area contributed by atoms with E-state index < -0.39 is 0 Å². The van der Waals surface area contributed by atoms with E-state index in [1.807, 2.05) is 43.3 Å². The summed E-state index contributed by atoms with van der Waals surface area (Å²) in [4.78, 5) is 27.9. The van der Waals surface area contributed by atoms with Crippen LogP contribution in [0.2, 0.25) is 0 Å². The van der Waals surface area contributed by atoms with E-state index in [1.165, 1.54) is 13.2 Å². The zero-order chi connectivity index (χ0) is 18.8. The molecule has 25 heavy (non-hydrogen) atoms. The number of methoxy groups -OCH3 is 2. The first kappa shape index (κ1) is 20.7. The molecule has 0 radical (unpaired) electrons. The predicted octanol–water partition coefficient (Wildman–Crippen LogP) is 1.91. The Kier molecular flexibility index (Phi) is 8.70. The highest BCUT2D eigenvalue weighted by Crippen LogP contribution is 2.14. The van der Waals surface area contributed by atoms with Gasteiger partial charge in [0.15, 0.2) is 0 Å². The first-order chi connectivity index (χ1) is 11.9. The summed E-state index contributed by atoms with van der Waals surface area (Å²) in [6.45, 7) is 3.33. The molecule has 1 amide bonds. The summed E-state index contributed by atoms with van der Waals surface area (Å²) in [6, 6.07) is 7.46. The van der Waals surface area contributed by atoms with E-state index >= 15 is 0 Å². The number of benzene rings is 1. The summed E-state index contributed by atoms with van der Waals surface area (Å²) in [5, 5.41) is 0. The number of hydrogen-bond acceptors (Lipinski definition) is 5. The van der Waals surface area contributed by atoms with Gasteiger partial charge in [0.2, 0.25) is 5.91 Å². The van der Waals surface area contributed by atoms with E-state index in [-0.39, 0.29) is 17.8 Å². The molecule has 0 fully saturated rings. The van der Waals surface area contributed by atoms with Gasteiger partial charge in [-0.1, -0.05) is 19.1 Å². The molecule has 0 aliphatic heterocycles. The maximum Gasteiger partial charge on any atom is 0.310 e. The van der Waals surface area contributed by atoms with E-state index in [0.717, 1.165) is 11.3 Å². The number of hydrogen-bond donors (Lipinski definition) is 0. The van der Waals surface area contributed by atoms with Crippen LogP contribution in [0.4, 0.5) is 0 Å². The minimum atomic E-state index is -0.374. The van der Waals surface area contributed by atoms with Gasteiger partial charge in [0, 0.05) is 25.7 Å². The van der Waals surface area contributed by atoms with Crippen molar-refractivity contribution < 1.29 is 19.1 Å². The molecule has 0 aromatic heterocycles. The SMILES string of the molecule is COC(=O)C(C)CN(CCN(C)C)C(=O)/C=C/c1cccc(OC)c1. The second-order valence-electron chi connectivity index (χ2n) is 6.12. The molecule has 0 bridgehead atoms. The fourth-order valence-corrected chi connectivity index (χ4v) is 2.24. The lowest BCUT2D eigenvalue weighted by molar-refractivity contribution is -0.146. The van der Waals surface area contributed by atoms with E-state index in [4.69, 9.17) is 9.47 Å². The molecule has 0 aliphatic carbocycles. The Bertz CT molecular complexity index is 599. The number of ether oxygens (including phenoxy) is 2. The van der Waals surface area contributed by atoms with Crippen molar-refractivity contribution in [2.75, 3.05) is 47.9 Å². The lowest BCUT2D eigenvalue weighted by Gasteiger charge is -2.25. The summed E-state index contributed by atoms with van der Waals surface area (Å²) in [6.07, 6.45) is 3.27. The van der Waals surface area contributed by atoms with Crippen molar-refractivity contribution >= 4 is 18.0 Å². The quantitative estimate of drug-likeness (QED) is 0.504. The van der Waals surface area contributed by atoms with Crippen LogP contribution in [0.15, 0.2) is 30.3 Å². The molecule has 1 atom stereocenters. The van der Waals surface area contributed by atoms with Crippen molar-refractivity contribution in [1.29, 1.82) is 0 Å². The predicted molar refractivity (Wildman–Crippen MR) is 98.3 cm³/mol. The Hall–Kier alpha value is -2.34. The standard InChI is InChI=1S/C19H28N2O4/c1-15(19(23)25-5)14-21(12-11-20(2)3)18(22)10-9-16-7-6-8-17(13-16)24-4/h6-10,13,15H,11-12,14H2,1-5H3/b10-9+. The maximum atomic E-state index is 12.6. The molecule has 6 nitrogen and oxygen atoms in total. The molecule has 138 valence electrons. The summed E-state index contributed by atoms with van der Waals surface area (Å²) >= 11 is 0. The highest BCUT2D eigenvalue weighted by Gasteiger charge is 2.20. The molecule has 1 aromatic rings. The van der Waals surface area contributed by atoms with Crippen molar-refractivity contribution in [2.45, 2.75) is 6.92 Å². The second-order valence-corrected chi connectivity index (χ2v) is 6.12. The van der Waals surface area contributed by atoms with Gasteiger partial charge < -0.3 is 19.3 Å². The smallest absolute Gasteiger partial charge is 0.310 e. The minimum Gasteiger partial charge on any atom is -0.497 e. The highest BCUT2D eigenvalue weighted by molar-refractivity contribution is 5.92. The lowest BCUT2D eigenvalue weighted by atomic mass is 10.1. The average molecular weight is 348 g/mol. The van der Waals surface area contributed by atoms with Gasteiger partial charge in [0.1, 0.15) is 5.75 Å². The Labute approximate surface area is 150 Å². The van der Waals surface area contributed by atoms with Crippen LogP contribution in [-0.2, 0) is 14.3 Å². The van der Waals surface area contributed by atoms with Gasteiger partial charge in [-0.15, -0.1) is 0 Å². The molecule has 0 heterocycles. The van der Waals surface area contributed by atoms with Gasteiger partial charge in [0.25, 0.3) is 0 Å². The third-order valence-electron chi connectivity index (χ3n) is 3.74. The molecule has 1 unspecified atom stereocenters.